The second-order valence-corrected chi connectivity index (χ2v) is 20.2. The molecule has 0 saturated carbocycles. The molecular weight excluding hydrogens is 628 g/mol. The number of hydrogen-bond acceptors (Lipinski definition) is 2. The summed E-state index contributed by atoms with van der Waals surface area (Å²) in [7, 11) is -3.95. The summed E-state index contributed by atoms with van der Waals surface area (Å²) in [5.41, 5.74) is 0. The van der Waals surface area contributed by atoms with Crippen molar-refractivity contribution in [3.05, 3.63) is 91.0 Å². The van der Waals surface area contributed by atoms with E-state index in [1.807, 2.05) is 6.92 Å². The summed E-state index contributed by atoms with van der Waals surface area (Å²) in [4.78, 5) is 13.5. The second kappa shape index (κ2) is 14.9. The number of nitrogens with one attached hydrogen (secondary N) is 1. The van der Waals surface area contributed by atoms with Gasteiger partial charge in [0, 0.05) is 0 Å². The van der Waals surface area contributed by atoms with Gasteiger partial charge in [0.2, 0.25) is 5.91 Å². The minimum absolute atomic E-state index is 0. The van der Waals surface area contributed by atoms with Crippen LogP contribution in [0.25, 0.3) is 0 Å². The molecule has 1 N–H and O–H groups in total. The molecule has 0 bridgehead atoms. The summed E-state index contributed by atoms with van der Waals surface area (Å²) >= 11 is 0. The zero-order valence-electron chi connectivity index (χ0n) is 24.8. The highest BCUT2D eigenvalue weighted by atomic mass is 127. The molecule has 1 amide bonds. The third kappa shape index (κ3) is 8.25. The molecule has 0 aliphatic rings. The van der Waals surface area contributed by atoms with Gasteiger partial charge in [-0.1, -0.05) is 95.6 Å². The van der Waals surface area contributed by atoms with E-state index in [9.17, 15) is 4.79 Å². The maximum Gasteiger partial charge on any atom is 0.225 e. The normalized spacial score (nSPS) is 13.7. The lowest BCUT2D eigenvalue weighted by Gasteiger charge is -2.40. The zero-order valence-corrected chi connectivity index (χ0v) is 28.8. The van der Waals surface area contributed by atoms with Crippen LogP contribution < -0.4 is 45.2 Å². The van der Waals surface area contributed by atoms with Gasteiger partial charge in [0.1, 0.15) is 23.2 Å². The quantitative estimate of drug-likeness (QED) is 0.180. The second-order valence-electron chi connectivity index (χ2n) is 11.8. The molecule has 0 fully saturated rings. The SMILES string of the molecule is CCC[C@H](O[Si](C)(C)C(C)(C)C)[C@@H](C)C(=O)NCC[P+](c1ccccc1)(c1ccccc1)c1ccccc1.[I-]. The smallest absolute Gasteiger partial charge is 0.225 e. The van der Waals surface area contributed by atoms with Crippen LogP contribution in [0.2, 0.25) is 18.1 Å². The Morgan fingerprint density at radius 2 is 1.26 bits per heavy atom. The number of halogens is 1. The molecule has 212 valence electrons. The Hall–Kier alpha value is -1.53. The monoisotopic (exact) mass is 675 g/mol. The van der Waals surface area contributed by atoms with Crippen molar-refractivity contribution in [1.82, 2.24) is 5.32 Å². The van der Waals surface area contributed by atoms with Gasteiger partial charge in [-0.15, -0.1) is 0 Å². The van der Waals surface area contributed by atoms with Gasteiger partial charge in [-0.2, -0.15) is 0 Å². The highest BCUT2D eigenvalue weighted by molar-refractivity contribution is 7.95. The molecule has 2 atom stereocenters. The number of carbonyl (C=O) groups is 1. The van der Waals surface area contributed by atoms with Crippen LogP contribution in [0.1, 0.15) is 47.5 Å². The maximum atomic E-state index is 13.5. The van der Waals surface area contributed by atoms with Crippen LogP contribution in [0.4, 0.5) is 0 Å². The van der Waals surface area contributed by atoms with E-state index in [-0.39, 0.29) is 46.9 Å². The maximum absolute atomic E-state index is 13.5. The number of hydrogen-bond donors (Lipinski definition) is 1. The Kier molecular flexibility index (Phi) is 12.9. The molecule has 6 heteroatoms. The van der Waals surface area contributed by atoms with Gasteiger partial charge in [0.15, 0.2) is 8.32 Å². The molecular formula is C33H47INO2PSi. The van der Waals surface area contributed by atoms with Crippen LogP contribution in [0.5, 0.6) is 0 Å². The van der Waals surface area contributed by atoms with E-state index in [0.717, 1.165) is 19.0 Å². The number of benzene rings is 3. The summed E-state index contributed by atoms with van der Waals surface area (Å²) in [6.45, 7) is 16.2. The van der Waals surface area contributed by atoms with E-state index in [1.165, 1.54) is 15.9 Å². The van der Waals surface area contributed by atoms with E-state index in [1.54, 1.807) is 0 Å². The lowest BCUT2D eigenvalue weighted by Crippen LogP contribution is -3.00. The Morgan fingerprint density at radius 1 is 0.846 bits per heavy atom. The fourth-order valence-electron chi connectivity index (χ4n) is 4.81. The third-order valence-corrected chi connectivity index (χ3v) is 17.1. The predicted molar refractivity (Wildman–Crippen MR) is 169 cm³/mol. The molecule has 3 nitrogen and oxygen atoms in total. The molecule has 0 spiro atoms. The van der Waals surface area contributed by atoms with Crippen molar-refractivity contribution in [2.24, 2.45) is 5.92 Å². The molecule has 0 aliphatic heterocycles. The fourth-order valence-corrected chi connectivity index (χ4v) is 10.4. The lowest BCUT2D eigenvalue weighted by atomic mass is 10.00. The first-order chi connectivity index (χ1) is 18.0. The minimum atomic E-state index is -1.98. The Labute approximate surface area is 256 Å². The molecule has 0 heterocycles. The lowest BCUT2D eigenvalue weighted by molar-refractivity contribution is -0.127. The predicted octanol–water partition coefficient (Wildman–Crippen LogP) is 3.93. The summed E-state index contributed by atoms with van der Waals surface area (Å²) in [5.74, 6) is -0.101. The first-order valence-electron chi connectivity index (χ1n) is 14.0. The first kappa shape index (κ1) is 33.7. The zero-order chi connectivity index (χ0) is 27.8. The van der Waals surface area contributed by atoms with Crippen LogP contribution in [0, 0.1) is 5.92 Å². The van der Waals surface area contributed by atoms with Crippen molar-refractivity contribution in [2.75, 3.05) is 12.7 Å². The van der Waals surface area contributed by atoms with Crippen molar-refractivity contribution >= 4 is 37.4 Å². The minimum Gasteiger partial charge on any atom is -1.00 e. The third-order valence-electron chi connectivity index (χ3n) is 8.13. The van der Waals surface area contributed by atoms with Gasteiger partial charge in [-0.25, -0.2) is 0 Å². The van der Waals surface area contributed by atoms with Crippen molar-refractivity contribution in [2.45, 2.75) is 71.7 Å². The average Bonchev–Trinajstić information content (AvgIpc) is 2.91. The topological polar surface area (TPSA) is 38.3 Å². The molecule has 0 saturated heterocycles. The van der Waals surface area contributed by atoms with Crippen LogP contribution in [0.15, 0.2) is 91.0 Å². The van der Waals surface area contributed by atoms with E-state index < -0.39 is 15.6 Å². The molecule has 39 heavy (non-hydrogen) atoms. The average molecular weight is 676 g/mol. The van der Waals surface area contributed by atoms with E-state index in [2.05, 4.69) is 137 Å². The van der Waals surface area contributed by atoms with Crippen molar-refractivity contribution < 1.29 is 33.2 Å². The van der Waals surface area contributed by atoms with Crippen LogP contribution >= 0.6 is 7.26 Å². The van der Waals surface area contributed by atoms with Crippen LogP contribution in [-0.4, -0.2) is 33.0 Å². The summed E-state index contributed by atoms with van der Waals surface area (Å²) < 4.78 is 6.77. The molecule has 3 aromatic rings. The number of rotatable bonds is 12. The highest BCUT2D eigenvalue weighted by Gasteiger charge is 2.45. The summed E-state index contributed by atoms with van der Waals surface area (Å²) in [6, 6.07) is 32.5. The molecule has 3 aromatic carbocycles. The molecule has 0 aliphatic carbocycles. The van der Waals surface area contributed by atoms with Gasteiger partial charge in [-0.3, -0.25) is 4.79 Å². The molecule has 3 rings (SSSR count). The number of carbonyl (C=O) groups excluding carboxylic acids is 1. The van der Waals surface area contributed by atoms with Gasteiger partial charge in [-0.05, 0) is 61.0 Å². The first-order valence-corrected chi connectivity index (χ1v) is 18.9. The molecule has 0 radical (unpaired) electrons. The standard InChI is InChI=1S/C33H46NO2PSi.HI/c1-8-18-31(36-38(6,7)33(3,4)5)27(2)32(35)34-25-26-37(28-19-12-9-13-20-28,29-21-14-10-15-22-29)30-23-16-11-17-24-30;/h9-17,19-24,27,31H,8,18,25-26H2,1-7H3;1H/t27-,31+;/m1./s1. The fraction of sp³-hybridized carbons (Fsp3) is 0.424. The Balaban J connectivity index is 0.00000533. The Bertz CT molecular complexity index is 1040. The van der Waals surface area contributed by atoms with E-state index >= 15 is 0 Å². The largest absolute Gasteiger partial charge is 1.00 e. The molecule has 0 unspecified atom stereocenters. The summed E-state index contributed by atoms with van der Waals surface area (Å²) in [5, 5.41) is 7.46. The van der Waals surface area contributed by atoms with Gasteiger partial charge in [0.05, 0.1) is 24.7 Å². The van der Waals surface area contributed by atoms with Crippen molar-refractivity contribution in [3.63, 3.8) is 0 Å². The summed E-state index contributed by atoms with van der Waals surface area (Å²) in [6.07, 6.45) is 2.71. The number of amides is 1. The van der Waals surface area contributed by atoms with Crippen molar-refractivity contribution in [1.29, 1.82) is 0 Å². The van der Waals surface area contributed by atoms with Gasteiger partial charge < -0.3 is 33.7 Å². The molecule has 0 aromatic heterocycles. The van der Waals surface area contributed by atoms with Crippen molar-refractivity contribution in [3.8, 4) is 0 Å². The Morgan fingerprint density at radius 3 is 1.62 bits per heavy atom. The highest BCUT2D eigenvalue weighted by Crippen LogP contribution is 2.54. The van der Waals surface area contributed by atoms with Crippen LogP contribution in [-0.2, 0) is 9.22 Å². The van der Waals surface area contributed by atoms with Gasteiger partial charge >= 0.3 is 0 Å². The van der Waals surface area contributed by atoms with E-state index in [4.69, 9.17) is 4.43 Å². The van der Waals surface area contributed by atoms with Crippen LogP contribution in [0.3, 0.4) is 0 Å². The van der Waals surface area contributed by atoms with Gasteiger partial charge in [0.25, 0.3) is 0 Å². The van der Waals surface area contributed by atoms with E-state index in [0.29, 0.717) is 6.54 Å².